The number of tetrazole rings is 1. The second kappa shape index (κ2) is 6.86. The molecule has 0 unspecified atom stereocenters. The van der Waals surface area contributed by atoms with Crippen LogP contribution in [0.3, 0.4) is 0 Å². The zero-order chi connectivity index (χ0) is 16.2. The van der Waals surface area contributed by atoms with Gasteiger partial charge in [0.15, 0.2) is 5.82 Å². The molecule has 3 rings (SSSR count). The van der Waals surface area contributed by atoms with Crippen LogP contribution in [0.15, 0.2) is 17.5 Å². The summed E-state index contributed by atoms with van der Waals surface area (Å²) in [4.78, 5) is 28.7. The quantitative estimate of drug-likeness (QED) is 0.883. The molecule has 1 aliphatic heterocycles. The van der Waals surface area contributed by atoms with Crippen LogP contribution in [0.5, 0.6) is 0 Å². The highest BCUT2D eigenvalue weighted by atomic mass is 32.1. The van der Waals surface area contributed by atoms with Gasteiger partial charge in [0, 0.05) is 6.54 Å². The molecule has 1 atom stereocenters. The number of rotatable bonds is 4. The van der Waals surface area contributed by atoms with Crippen LogP contribution in [-0.2, 0) is 18.4 Å². The number of hydrogen-bond acceptors (Lipinski definition) is 6. The lowest BCUT2D eigenvalue weighted by Gasteiger charge is -2.34. The van der Waals surface area contributed by atoms with Gasteiger partial charge in [0.25, 0.3) is 5.91 Å². The Labute approximate surface area is 137 Å². The molecule has 1 fully saturated rings. The van der Waals surface area contributed by atoms with Crippen LogP contribution in [0, 0.1) is 0 Å². The number of nitrogens with one attached hydrogen (secondary N) is 1. The Bertz CT molecular complexity index is 683. The van der Waals surface area contributed by atoms with Crippen molar-refractivity contribution in [3.05, 3.63) is 28.2 Å². The van der Waals surface area contributed by atoms with Gasteiger partial charge in [-0.1, -0.05) is 6.07 Å². The van der Waals surface area contributed by atoms with E-state index in [1.807, 2.05) is 11.4 Å². The van der Waals surface area contributed by atoms with Crippen LogP contribution in [-0.4, -0.2) is 49.5 Å². The van der Waals surface area contributed by atoms with Crippen molar-refractivity contribution in [2.24, 2.45) is 7.05 Å². The maximum atomic E-state index is 12.6. The second-order valence-corrected chi connectivity index (χ2v) is 6.35. The molecule has 1 aliphatic rings. The lowest BCUT2D eigenvalue weighted by molar-refractivity contribution is -0.126. The largest absolute Gasteiger partial charge is 0.347 e. The predicted octanol–water partition coefficient (Wildman–Crippen LogP) is 0.583. The highest BCUT2D eigenvalue weighted by Crippen LogP contribution is 2.21. The first-order valence-corrected chi connectivity index (χ1v) is 8.38. The summed E-state index contributed by atoms with van der Waals surface area (Å²) in [6, 6.07) is 3.20. The Balaban J connectivity index is 1.65. The first kappa shape index (κ1) is 15.6. The molecule has 1 saturated heterocycles. The fraction of sp³-hybridized carbons (Fsp3) is 0.500. The number of aryl methyl sites for hydroxylation is 1. The first-order chi connectivity index (χ1) is 11.1. The molecule has 122 valence electrons. The van der Waals surface area contributed by atoms with Gasteiger partial charge in [0.1, 0.15) is 6.04 Å². The van der Waals surface area contributed by atoms with Crippen LogP contribution in [0.4, 0.5) is 0 Å². The zero-order valence-electron chi connectivity index (χ0n) is 12.8. The van der Waals surface area contributed by atoms with Crippen molar-refractivity contribution in [1.82, 2.24) is 30.4 Å². The summed E-state index contributed by atoms with van der Waals surface area (Å²) in [5, 5.41) is 16.3. The summed E-state index contributed by atoms with van der Waals surface area (Å²) in [6.45, 7) is 0.822. The van der Waals surface area contributed by atoms with E-state index in [1.54, 1.807) is 18.0 Å². The second-order valence-electron chi connectivity index (χ2n) is 5.40. The molecular formula is C14H18N6O2S. The van der Waals surface area contributed by atoms with E-state index in [4.69, 9.17) is 0 Å². The summed E-state index contributed by atoms with van der Waals surface area (Å²) in [5.74, 6) is 0.215. The zero-order valence-corrected chi connectivity index (χ0v) is 13.6. The van der Waals surface area contributed by atoms with Gasteiger partial charge in [-0.3, -0.25) is 9.59 Å². The van der Waals surface area contributed by atoms with Crippen molar-refractivity contribution in [2.75, 3.05) is 6.54 Å². The monoisotopic (exact) mass is 334 g/mol. The van der Waals surface area contributed by atoms with Crippen LogP contribution < -0.4 is 5.32 Å². The van der Waals surface area contributed by atoms with E-state index in [-0.39, 0.29) is 18.4 Å². The lowest BCUT2D eigenvalue weighted by Crippen LogP contribution is -2.51. The van der Waals surface area contributed by atoms with Gasteiger partial charge in [-0.2, -0.15) is 4.80 Å². The Morgan fingerprint density at radius 3 is 3.00 bits per heavy atom. The Hall–Kier alpha value is -2.29. The number of carbonyl (C=O) groups excluding carboxylic acids is 2. The molecule has 0 aliphatic carbocycles. The van der Waals surface area contributed by atoms with Crippen molar-refractivity contribution in [1.29, 1.82) is 0 Å². The molecule has 0 saturated carbocycles. The maximum Gasteiger partial charge on any atom is 0.264 e. The van der Waals surface area contributed by atoms with Crippen LogP contribution in [0.2, 0.25) is 0 Å². The molecule has 0 spiro atoms. The van der Waals surface area contributed by atoms with Crippen LogP contribution in [0.25, 0.3) is 0 Å². The smallest absolute Gasteiger partial charge is 0.264 e. The minimum Gasteiger partial charge on any atom is -0.347 e. The summed E-state index contributed by atoms with van der Waals surface area (Å²) in [6.07, 6.45) is 2.54. The number of thiophene rings is 1. The number of hydrogen-bond donors (Lipinski definition) is 1. The topological polar surface area (TPSA) is 93.0 Å². The van der Waals surface area contributed by atoms with Gasteiger partial charge in [-0.15, -0.1) is 21.5 Å². The number of aromatic nitrogens is 4. The normalized spacial score (nSPS) is 18.0. The molecule has 1 N–H and O–H groups in total. The molecule has 2 aromatic heterocycles. The first-order valence-electron chi connectivity index (χ1n) is 7.50. The predicted molar refractivity (Wildman–Crippen MR) is 83.6 cm³/mol. The van der Waals surface area contributed by atoms with E-state index in [9.17, 15) is 9.59 Å². The molecule has 8 nitrogen and oxygen atoms in total. The highest BCUT2D eigenvalue weighted by Gasteiger charge is 2.32. The van der Waals surface area contributed by atoms with E-state index < -0.39 is 6.04 Å². The van der Waals surface area contributed by atoms with E-state index >= 15 is 0 Å². The minimum atomic E-state index is -0.435. The molecule has 0 aromatic carbocycles. The Kier molecular flexibility index (Phi) is 4.65. The molecular weight excluding hydrogens is 316 g/mol. The molecule has 9 heteroatoms. The minimum absolute atomic E-state index is 0.0718. The van der Waals surface area contributed by atoms with Gasteiger partial charge in [-0.05, 0) is 35.9 Å². The summed E-state index contributed by atoms with van der Waals surface area (Å²) >= 11 is 1.40. The molecule has 23 heavy (non-hydrogen) atoms. The van der Waals surface area contributed by atoms with E-state index in [1.165, 1.54) is 16.1 Å². The van der Waals surface area contributed by atoms with Crippen molar-refractivity contribution in [2.45, 2.75) is 31.8 Å². The third-order valence-corrected chi connectivity index (χ3v) is 4.63. The molecule has 0 radical (unpaired) electrons. The van der Waals surface area contributed by atoms with E-state index in [0.29, 0.717) is 23.7 Å². The Morgan fingerprint density at radius 1 is 1.43 bits per heavy atom. The standard InChI is InChI=1S/C14H18N6O2S/c1-19-17-12(16-18-19)9-15-13(21)10-5-2-3-7-20(10)14(22)11-6-4-8-23-11/h4,6,8,10H,2-3,5,7,9H2,1H3,(H,15,21)/t10-/m0/s1. The number of likely N-dealkylation sites (tertiary alicyclic amines) is 1. The van der Waals surface area contributed by atoms with Gasteiger partial charge < -0.3 is 10.2 Å². The van der Waals surface area contributed by atoms with E-state index in [2.05, 4.69) is 20.7 Å². The van der Waals surface area contributed by atoms with Crippen molar-refractivity contribution >= 4 is 23.2 Å². The number of carbonyl (C=O) groups is 2. The number of nitrogens with zero attached hydrogens (tertiary/aromatic N) is 5. The number of amides is 2. The SMILES string of the molecule is Cn1nnc(CNC(=O)[C@@H]2CCCCN2C(=O)c2cccs2)n1. The third kappa shape index (κ3) is 3.55. The highest BCUT2D eigenvalue weighted by molar-refractivity contribution is 7.12. The summed E-state index contributed by atoms with van der Waals surface area (Å²) < 4.78 is 0. The van der Waals surface area contributed by atoms with E-state index in [0.717, 1.165) is 12.8 Å². The van der Waals surface area contributed by atoms with Crippen molar-refractivity contribution < 1.29 is 9.59 Å². The van der Waals surface area contributed by atoms with Crippen molar-refractivity contribution in [3.8, 4) is 0 Å². The molecule has 2 aromatic rings. The molecule has 0 bridgehead atoms. The molecule has 3 heterocycles. The fourth-order valence-corrected chi connectivity index (χ4v) is 3.35. The average Bonchev–Trinajstić information content (AvgIpc) is 3.23. The van der Waals surface area contributed by atoms with Crippen LogP contribution >= 0.6 is 11.3 Å². The van der Waals surface area contributed by atoms with Gasteiger partial charge in [0.2, 0.25) is 5.91 Å². The lowest BCUT2D eigenvalue weighted by atomic mass is 10.0. The summed E-state index contributed by atoms with van der Waals surface area (Å²) in [5.41, 5.74) is 0. The molecule has 2 amide bonds. The van der Waals surface area contributed by atoms with Crippen molar-refractivity contribution in [3.63, 3.8) is 0 Å². The average molecular weight is 334 g/mol. The van der Waals surface area contributed by atoms with Gasteiger partial charge >= 0.3 is 0 Å². The Morgan fingerprint density at radius 2 is 2.30 bits per heavy atom. The maximum absolute atomic E-state index is 12.6. The van der Waals surface area contributed by atoms with Crippen LogP contribution in [0.1, 0.15) is 34.8 Å². The summed E-state index contributed by atoms with van der Waals surface area (Å²) in [7, 11) is 1.67. The third-order valence-electron chi connectivity index (χ3n) is 3.77. The van der Waals surface area contributed by atoms with Gasteiger partial charge in [-0.25, -0.2) is 0 Å². The van der Waals surface area contributed by atoms with Gasteiger partial charge in [0.05, 0.1) is 18.5 Å². The number of piperidine rings is 1. The fourth-order valence-electron chi connectivity index (χ4n) is 2.67.